The number of benzene rings is 1. The molecule has 0 radical (unpaired) electrons. The van der Waals surface area contributed by atoms with Crippen molar-refractivity contribution >= 4 is 11.6 Å². The lowest BCUT2D eigenvalue weighted by molar-refractivity contribution is -0.135. The topological polar surface area (TPSA) is 69.8 Å². The van der Waals surface area contributed by atoms with E-state index in [4.69, 9.17) is 5.73 Å². The number of nitrogens with zero attached hydrogens (tertiary/aromatic N) is 2. The van der Waals surface area contributed by atoms with Gasteiger partial charge in [0.25, 0.3) is 0 Å². The fraction of sp³-hybridized carbons (Fsp3) is 0.533. The highest BCUT2D eigenvalue weighted by atomic mass is 16.3. The van der Waals surface area contributed by atoms with E-state index in [0.717, 1.165) is 31.9 Å². The molecule has 1 fully saturated rings. The Labute approximate surface area is 120 Å². The molecular formula is C15H23N3O2. The van der Waals surface area contributed by atoms with Crippen molar-refractivity contribution in [3.05, 3.63) is 24.3 Å². The van der Waals surface area contributed by atoms with Gasteiger partial charge in [-0.1, -0.05) is 6.92 Å². The summed E-state index contributed by atoms with van der Waals surface area (Å²) in [6.45, 7) is 6.81. The molecule has 1 saturated heterocycles. The van der Waals surface area contributed by atoms with Crippen LogP contribution in [-0.4, -0.2) is 48.1 Å². The second kappa shape index (κ2) is 6.13. The first-order valence-electron chi connectivity index (χ1n) is 7.07. The summed E-state index contributed by atoms with van der Waals surface area (Å²) in [5, 5.41) is 9.30. The summed E-state index contributed by atoms with van der Waals surface area (Å²) in [5.41, 5.74) is 6.87. The fourth-order valence-corrected chi connectivity index (χ4v) is 2.36. The molecule has 2 unspecified atom stereocenters. The third-order valence-corrected chi connectivity index (χ3v) is 3.98. The van der Waals surface area contributed by atoms with E-state index in [2.05, 4.69) is 4.90 Å². The summed E-state index contributed by atoms with van der Waals surface area (Å²) in [5.74, 6) is 0.286. The lowest BCUT2D eigenvalue weighted by atomic mass is 10.0. The Morgan fingerprint density at radius 3 is 2.20 bits per heavy atom. The Bertz CT molecular complexity index is 451. The predicted molar refractivity (Wildman–Crippen MR) is 79.7 cm³/mol. The first-order chi connectivity index (χ1) is 9.49. The van der Waals surface area contributed by atoms with Gasteiger partial charge in [0, 0.05) is 37.9 Å². The molecule has 1 aliphatic rings. The van der Waals surface area contributed by atoms with Gasteiger partial charge >= 0.3 is 0 Å². The van der Waals surface area contributed by atoms with Crippen molar-refractivity contribution in [3.8, 4) is 5.75 Å². The molecule has 2 rings (SSSR count). The number of aromatic hydroxyl groups is 1. The number of nitrogens with two attached hydrogens (primary N) is 1. The average Bonchev–Trinajstić information content (AvgIpc) is 2.46. The van der Waals surface area contributed by atoms with E-state index in [-0.39, 0.29) is 23.6 Å². The van der Waals surface area contributed by atoms with Crippen molar-refractivity contribution in [1.82, 2.24) is 4.90 Å². The molecule has 0 aliphatic carbocycles. The molecule has 20 heavy (non-hydrogen) atoms. The quantitative estimate of drug-likeness (QED) is 0.865. The molecule has 1 aromatic carbocycles. The molecule has 1 aromatic rings. The third kappa shape index (κ3) is 3.22. The minimum atomic E-state index is -0.129. The van der Waals surface area contributed by atoms with Crippen molar-refractivity contribution in [2.45, 2.75) is 19.9 Å². The summed E-state index contributed by atoms with van der Waals surface area (Å²) in [6.07, 6.45) is 0. The highest BCUT2D eigenvalue weighted by molar-refractivity contribution is 5.79. The maximum Gasteiger partial charge on any atom is 0.227 e. The van der Waals surface area contributed by atoms with Gasteiger partial charge in [0.2, 0.25) is 5.91 Å². The Balaban J connectivity index is 1.92. The maximum absolute atomic E-state index is 12.2. The largest absolute Gasteiger partial charge is 0.508 e. The summed E-state index contributed by atoms with van der Waals surface area (Å²) in [7, 11) is 0. The monoisotopic (exact) mass is 277 g/mol. The minimum absolute atomic E-state index is 0.113. The van der Waals surface area contributed by atoms with Crippen molar-refractivity contribution in [3.63, 3.8) is 0 Å². The number of phenolic OH excluding ortho intramolecular Hbond substituents is 1. The summed E-state index contributed by atoms with van der Waals surface area (Å²) in [6, 6.07) is 7.06. The molecule has 0 aromatic heterocycles. The highest BCUT2D eigenvalue weighted by Gasteiger charge is 2.26. The molecule has 1 aliphatic heterocycles. The van der Waals surface area contributed by atoms with Gasteiger partial charge in [-0.25, -0.2) is 0 Å². The van der Waals surface area contributed by atoms with Crippen LogP contribution in [0.25, 0.3) is 0 Å². The Morgan fingerprint density at radius 2 is 1.70 bits per heavy atom. The molecule has 0 bridgehead atoms. The standard InChI is InChI=1S/C15H23N3O2/c1-11(12(2)16)15(20)18-9-7-17(8-10-18)13-3-5-14(19)6-4-13/h3-6,11-12,19H,7-10,16H2,1-2H3. The van der Waals surface area contributed by atoms with Crippen LogP contribution in [0.4, 0.5) is 5.69 Å². The first-order valence-corrected chi connectivity index (χ1v) is 7.07. The van der Waals surface area contributed by atoms with E-state index < -0.39 is 0 Å². The lowest BCUT2D eigenvalue weighted by Crippen LogP contribution is -2.52. The van der Waals surface area contributed by atoms with Gasteiger partial charge in [0.05, 0.1) is 5.92 Å². The smallest absolute Gasteiger partial charge is 0.227 e. The van der Waals surface area contributed by atoms with Gasteiger partial charge in [0.1, 0.15) is 5.75 Å². The number of hydrogen-bond donors (Lipinski definition) is 2. The Kier molecular flexibility index (Phi) is 4.49. The van der Waals surface area contributed by atoms with Gasteiger partial charge in [-0.15, -0.1) is 0 Å². The van der Waals surface area contributed by atoms with Crippen LogP contribution in [-0.2, 0) is 4.79 Å². The normalized spacial score (nSPS) is 18.8. The first kappa shape index (κ1) is 14.7. The molecule has 0 saturated carbocycles. The zero-order valence-corrected chi connectivity index (χ0v) is 12.1. The van der Waals surface area contributed by atoms with Crippen molar-refractivity contribution in [1.29, 1.82) is 0 Å². The SMILES string of the molecule is CC(N)C(C)C(=O)N1CCN(c2ccc(O)cc2)CC1. The lowest BCUT2D eigenvalue weighted by Gasteiger charge is -2.37. The number of carbonyl (C=O) groups excluding carboxylic acids is 1. The predicted octanol–water partition coefficient (Wildman–Crippen LogP) is 1.02. The van der Waals surface area contributed by atoms with E-state index >= 15 is 0 Å². The average molecular weight is 277 g/mol. The summed E-state index contributed by atoms with van der Waals surface area (Å²) in [4.78, 5) is 16.3. The molecule has 2 atom stereocenters. The highest BCUT2D eigenvalue weighted by Crippen LogP contribution is 2.20. The van der Waals surface area contributed by atoms with Gasteiger partial charge < -0.3 is 20.6 Å². The van der Waals surface area contributed by atoms with Gasteiger partial charge in [-0.05, 0) is 31.2 Å². The Hall–Kier alpha value is -1.75. The summed E-state index contributed by atoms with van der Waals surface area (Å²) >= 11 is 0. The second-order valence-corrected chi connectivity index (χ2v) is 5.48. The van der Waals surface area contributed by atoms with Crippen LogP contribution < -0.4 is 10.6 Å². The van der Waals surface area contributed by atoms with Crippen molar-refractivity contribution in [2.75, 3.05) is 31.1 Å². The number of anilines is 1. The number of carbonyl (C=O) groups is 1. The Morgan fingerprint density at radius 1 is 1.15 bits per heavy atom. The van der Waals surface area contributed by atoms with E-state index in [9.17, 15) is 9.90 Å². The molecule has 5 heteroatoms. The number of amides is 1. The van der Waals surface area contributed by atoms with Gasteiger partial charge in [-0.3, -0.25) is 4.79 Å². The van der Waals surface area contributed by atoms with Crippen LogP contribution in [0.2, 0.25) is 0 Å². The van der Waals surface area contributed by atoms with Crippen LogP contribution in [0.1, 0.15) is 13.8 Å². The van der Waals surface area contributed by atoms with Gasteiger partial charge in [-0.2, -0.15) is 0 Å². The van der Waals surface area contributed by atoms with E-state index in [1.807, 2.05) is 30.9 Å². The van der Waals surface area contributed by atoms with Crippen molar-refractivity contribution < 1.29 is 9.90 Å². The van der Waals surface area contributed by atoms with Crippen LogP contribution in [0.5, 0.6) is 5.75 Å². The number of piperazine rings is 1. The van der Waals surface area contributed by atoms with E-state index in [0.29, 0.717) is 0 Å². The number of rotatable bonds is 3. The third-order valence-electron chi connectivity index (χ3n) is 3.98. The molecule has 0 spiro atoms. The molecule has 5 nitrogen and oxygen atoms in total. The van der Waals surface area contributed by atoms with E-state index in [1.165, 1.54) is 0 Å². The number of hydrogen-bond acceptors (Lipinski definition) is 4. The fourth-order valence-electron chi connectivity index (χ4n) is 2.36. The molecule has 1 heterocycles. The van der Waals surface area contributed by atoms with E-state index in [1.54, 1.807) is 12.1 Å². The van der Waals surface area contributed by atoms with Crippen molar-refractivity contribution in [2.24, 2.45) is 11.7 Å². The molecular weight excluding hydrogens is 254 g/mol. The minimum Gasteiger partial charge on any atom is -0.508 e. The molecule has 110 valence electrons. The molecule has 3 N–H and O–H groups in total. The van der Waals surface area contributed by atoms with Crippen LogP contribution >= 0.6 is 0 Å². The van der Waals surface area contributed by atoms with Crippen LogP contribution in [0.15, 0.2) is 24.3 Å². The summed E-state index contributed by atoms with van der Waals surface area (Å²) < 4.78 is 0. The zero-order valence-electron chi connectivity index (χ0n) is 12.1. The van der Waals surface area contributed by atoms with Crippen LogP contribution in [0.3, 0.4) is 0 Å². The van der Waals surface area contributed by atoms with Gasteiger partial charge in [0.15, 0.2) is 0 Å². The second-order valence-electron chi connectivity index (χ2n) is 5.48. The van der Waals surface area contributed by atoms with Crippen LogP contribution in [0, 0.1) is 5.92 Å². The molecule has 1 amide bonds. The zero-order chi connectivity index (χ0) is 14.7. The maximum atomic E-state index is 12.2. The number of phenols is 1.